The van der Waals surface area contributed by atoms with E-state index in [1.807, 2.05) is 45.0 Å². The third kappa shape index (κ3) is 4.23. The number of amides is 3. The molecular formula is C26H35BrN6O4S. The number of likely N-dealkylation sites (tertiary alicyclic amines) is 1. The number of aliphatic hydroxyl groups excluding tert-OH is 1. The van der Waals surface area contributed by atoms with E-state index in [-0.39, 0.29) is 47.0 Å². The average molecular weight is 608 g/mol. The summed E-state index contributed by atoms with van der Waals surface area (Å²) in [6.07, 6.45) is 2.13. The molecule has 3 amide bonds. The zero-order chi connectivity index (χ0) is 27.2. The molecule has 2 bridgehead atoms. The van der Waals surface area contributed by atoms with Crippen LogP contribution in [0.3, 0.4) is 0 Å². The van der Waals surface area contributed by atoms with Crippen LogP contribution in [-0.2, 0) is 21.1 Å². The molecule has 1 spiro atoms. The smallest absolute Gasteiger partial charge is 0.245 e. The largest absolute Gasteiger partial charge is 0.394 e. The monoisotopic (exact) mass is 606 g/mol. The zero-order valence-corrected chi connectivity index (χ0v) is 24.2. The highest BCUT2D eigenvalue weighted by Gasteiger charge is 2.76. The molecule has 2 aromatic rings. The van der Waals surface area contributed by atoms with Crippen molar-refractivity contribution in [1.82, 2.24) is 30.5 Å². The summed E-state index contributed by atoms with van der Waals surface area (Å²) in [6, 6.07) is 6.16. The predicted octanol–water partition coefficient (Wildman–Crippen LogP) is 1.90. The van der Waals surface area contributed by atoms with Crippen LogP contribution >= 0.6 is 27.7 Å². The summed E-state index contributed by atoms with van der Waals surface area (Å²) >= 11 is 5.38. The molecular weight excluding hydrogens is 572 g/mol. The molecule has 1 aromatic heterocycles. The highest BCUT2D eigenvalue weighted by molar-refractivity contribution is 9.09. The van der Waals surface area contributed by atoms with Gasteiger partial charge >= 0.3 is 0 Å². The van der Waals surface area contributed by atoms with Crippen LogP contribution in [0.1, 0.15) is 40.0 Å². The maximum absolute atomic E-state index is 14.2. The molecule has 3 N–H and O–H groups in total. The lowest BCUT2D eigenvalue weighted by atomic mass is 9.70. The lowest BCUT2D eigenvalue weighted by Gasteiger charge is -2.39. The van der Waals surface area contributed by atoms with Gasteiger partial charge in [-0.25, -0.2) is 4.68 Å². The number of aliphatic hydroxyl groups is 1. The molecule has 3 aliphatic rings. The number of carbonyl (C=O) groups excluding carboxylic acids is 3. The number of carbonyl (C=O) groups is 3. The van der Waals surface area contributed by atoms with Gasteiger partial charge in [-0.05, 0) is 30.9 Å². The molecule has 3 saturated heterocycles. The molecule has 38 heavy (non-hydrogen) atoms. The molecule has 206 valence electrons. The van der Waals surface area contributed by atoms with E-state index in [1.165, 1.54) is 0 Å². The second kappa shape index (κ2) is 10.8. The van der Waals surface area contributed by atoms with E-state index in [9.17, 15) is 19.5 Å². The quantitative estimate of drug-likeness (QED) is 0.352. The fraction of sp³-hybridized carbons (Fsp3) is 0.654. The summed E-state index contributed by atoms with van der Waals surface area (Å²) in [5.41, 5.74) is 1.52. The summed E-state index contributed by atoms with van der Waals surface area (Å²) in [6.45, 7) is 6.37. The predicted molar refractivity (Wildman–Crippen MR) is 148 cm³/mol. The van der Waals surface area contributed by atoms with E-state index in [0.29, 0.717) is 13.0 Å². The number of nitrogens with zero attached hydrogens (tertiary/aromatic N) is 4. The first-order valence-electron chi connectivity index (χ1n) is 13.4. The van der Waals surface area contributed by atoms with Crippen molar-refractivity contribution < 1.29 is 19.5 Å². The minimum absolute atomic E-state index is 0.000360. The molecule has 0 aliphatic carbocycles. The molecule has 8 atom stereocenters. The maximum Gasteiger partial charge on any atom is 0.245 e. The highest BCUT2D eigenvalue weighted by Crippen LogP contribution is 2.68. The fourth-order valence-electron chi connectivity index (χ4n) is 6.49. The molecule has 0 saturated carbocycles. The van der Waals surface area contributed by atoms with E-state index >= 15 is 0 Å². The Morgan fingerprint density at radius 3 is 2.74 bits per heavy atom. The molecule has 1 aromatic carbocycles. The molecule has 3 unspecified atom stereocenters. The number of benzene rings is 1. The molecule has 5 rings (SSSR count). The Bertz CT molecular complexity index is 1230. The van der Waals surface area contributed by atoms with Crippen molar-refractivity contribution in [3.05, 3.63) is 24.3 Å². The van der Waals surface area contributed by atoms with Crippen LogP contribution in [0.2, 0.25) is 0 Å². The summed E-state index contributed by atoms with van der Waals surface area (Å²) in [7, 11) is 0. The second-order valence-electron chi connectivity index (χ2n) is 10.6. The third-order valence-corrected chi connectivity index (χ3v) is 11.7. The van der Waals surface area contributed by atoms with Crippen molar-refractivity contribution in [3.8, 4) is 0 Å². The SMILES string of the molecule is CCCNC(=O)[C@H]1[C@H]2C(=O)N([C@@H](CO)[C@@H](C)CC)C(C(=O)NCn3nnc4ccccc43)C23CC(Br)[C@@H]1S3. The van der Waals surface area contributed by atoms with Gasteiger partial charge in [-0.15, -0.1) is 16.9 Å². The Labute approximate surface area is 234 Å². The number of rotatable bonds is 10. The van der Waals surface area contributed by atoms with Crippen LogP contribution in [0.25, 0.3) is 11.0 Å². The molecule has 0 radical (unpaired) electrons. The van der Waals surface area contributed by atoms with Crippen LogP contribution in [0.4, 0.5) is 0 Å². The number of fused-ring (bicyclic) bond motifs is 2. The van der Waals surface area contributed by atoms with Gasteiger partial charge in [0.1, 0.15) is 18.2 Å². The Kier molecular flexibility index (Phi) is 7.76. The Morgan fingerprint density at radius 2 is 2.03 bits per heavy atom. The normalized spacial score (nSPS) is 31.4. The maximum atomic E-state index is 14.2. The first-order chi connectivity index (χ1) is 18.3. The number of hydrogen-bond acceptors (Lipinski definition) is 7. The number of hydrogen-bond donors (Lipinski definition) is 3. The van der Waals surface area contributed by atoms with Gasteiger partial charge in [0.2, 0.25) is 17.7 Å². The van der Waals surface area contributed by atoms with E-state index in [2.05, 4.69) is 36.9 Å². The minimum atomic E-state index is -0.819. The molecule has 4 heterocycles. The van der Waals surface area contributed by atoms with Crippen LogP contribution in [0.15, 0.2) is 24.3 Å². The van der Waals surface area contributed by atoms with Crippen LogP contribution < -0.4 is 10.6 Å². The zero-order valence-electron chi connectivity index (χ0n) is 21.8. The van der Waals surface area contributed by atoms with Gasteiger partial charge in [0, 0.05) is 16.6 Å². The van der Waals surface area contributed by atoms with E-state index < -0.39 is 28.7 Å². The summed E-state index contributed by atoms with van der Waals surface area (Å²) < 4.78 is 0.856. The van der Waals surface area contributed by atoms with Gasteiger partial charge in [-0.2, -0.15) is 0 Å². The van der Waals surface area contributed by atoms with Crippen LogP contribution in [-0.4, -0.2) is 82.8 Å². The lowest BCUT2D eigenvalue weighted by Crippen LogP contribution is -2.58. The topological polar surface area (TPSA) is 129 Å². The molecule has 3 aliphatic heterocycles. The number of aromatic nitrogens is 3. The van der Waals surface area contributed by atoms with Gasteiger partial charge < -0.3 is 20.6 Å². The second-order valence-corrected chi connectivity index (χ2v) is 13.3. The third-order valence-electron chi connectivity index (χ3n) is 8.50. The van der Waals surface area contributed by atoms with E-state index in [0.717, 1.165) is 23.9 Å². The van der Waals surface area contributed by atoms with E-state index in [1.54, 1.807) is 21.3 Å². The van der Waals surface area contributed by atoms with Crippen molar-refractivity contribution in [2.75, 3.05) is 13.2 Å². The Morgan fingerprint density at radius 1 is 1.26 bits per heavy atom. The van der Waals surface area contributed by atoms with Gasteiger partial charge in [0.15, 0.2) is 0 Å². The van der Waals surface area contributed by atoms with Crippen molar-refractivity contribution in [2.24, 2.45) is 17.8 Å². The van der Waals surface area contributed by atoms with Gasteiger partial charge in [-0.1, -0.05) is 60.5 Å². The first kappa shape index (κ1) is 27.4. The Hall–Kier alpha value is -2.18. The minimum Gasteiger partial charge on any atom is -0.394 e. The number of nitrogens with one attached hydrogen (secondary N) is 2. The standard InChI is InChI=1S/C26H35BrN6O4S/c1-4-10-28-23(35)19-20-25(37)33(18(12-34)14(3)5-2)22(26(20)11-15(27)21(19)38-26)24(36)29-13-32-17-9-7-6-8-16(17)30-31-32/h6-9,14-15,18-22,34H,4-5,10-13H2,1-3H3,(H,28,35)(H,29,36)/t14-,15?,18-,19-,20-,21-,22?,26?/m0/s1. The Balaban J connectivity index is 1.50. The number of halogens is 1. The molecule has 3 fully saturated rings. The van der Waals surface area contributed by atoms with Gasteiger partial charge in [0.05, 0.1) is 34.7 Å². The highest BCUT2D eigenvalue weighted by atomic mass is 79.9. The lowest BCUT2D eigenvalue weighted by molar-refractivity contribution is -0.144. The van der Waals surface area contributed by atoms with Crippen molar-refractivity contribution >= 4 is 56.4 Å². The first-order valence-corrected chi connectivity index (χ1v) is 15.2. The van der Waals surface area contributed by atoms with Crippen LogP contribution in [0.5, 0.6) is 0 Å². The van der Waals surface area contributed by atoms with Crippen molar-refractivity contribution in [1.29, 1.82) is 0 Å². The van der Waals surface area contributed by atoms with Gasteiger partial charge in [0.25, 0.3) is 0 Å². The van der Waals surface area contributed by atoms with E-state index in [4.69, 9.17) is 0 Å². The average Bonchev–Trinajstić information content (AvgIpc) is 3.63. The number of alkyl halides is 1. The fourth-order valence-corrected chi connectivity index (χ4v) is 10.1. The van der Waals surface area contributed by atoms with Crippen LogP contribution in [0, 0.1) is 17.8 Å². The van der Waals surface area contributed by atoms with Crippen molar-refractivity contribution in [3.63, 3.8) is 0 Å². The molecule has 12 heteroatoms. The summed E-state index contributed by atoms with van der Waals surface area (Å²) in [5.74, 6) is -1.82. The number of thioether (sulfide) groups is 1. The number of para-hydroxylation sites is 1. The van der Waals surface area contributed by atoms with Gasteiger partial charge in [-0.3, -0.25) is 14.4 Å². The van der Waals surface area contributed by atoms with Crippen molar-refractivity contribution in [2.45, 2.75) is 73.6 Å². The summed E-state index contributed by atoms with van der Waals surface area (Å²) in [5, 5.41) is 24.7. The molecule has 10 nitrogen and oxygen atoms in total. The summed E-state index contributed by atoms with van der Waals surface area (Å²) in [4.78, 5) is 43.2.